The summed E-state index contributed by atoms with van der Waals surface area (Å²) >= 11 is 5.18. The molecule has 0 amide bonds. The maximum absolute atomic E-state index is 4.42. The molecule has 2 nitrogen and oxygen atoms in total. The summed E-state index contributed by atoms with van der Waals surface area (Å²) in [6, 6.07) is 4.14. The maximum Gasteiger partial charge on any atom is 0.106 e. The van der Waals surface area contributed by atoms with Gasteiger partial charge in [0.1, 0.15) is 5.69 Å². The van der Waals surface area contributed by atoms with E-state index in [1.54, 1.807) is 11.3 Å². The average Bonchev–Trinajstić information content (AvgIpc) is 2.71. The van der Waals surface area contributed by atoms with Crippen molar-refractivity contribution in [1.29, 1.82) is 0 Å². The monoisotopic (exact) mass is 256 g/mol. The zero-order valence-electron chi connectivity index (χ0n) is 7.20. The number of thiophene rings is 1. The summed E-state index contributed by atoms with van der Waals surface area (Å²) in [4.78, 5) is 1.23. The van der Waals surface area contributed by atoms with Gasteiger partial charge >= 0.3 is 0 Å². The summed E-state index contributed by atoms with van der Waals surface area (Å²) in [5, 5.41) is 7.35. The molecule has 0 fully saturated rings. The molecule has 2 aromatic rings. The highest BCUT2D eigenvalue weighted by atomic mass is 79.9. The Bertz CT molecular complexity index is 392. The first kappa shape index (κ1) is 8.97. The molecule has 68 valence electrons. The molecule has 0 N–H and O–H groups in total. The number of nitrogens with zero attached hydrogens (tertiary/aromatic N) is 2. The molecule has 4 heteroatoms. The van der Waals surface area contributed by atoms with Gasteiger partial charge in [-0.15, -0.1) is 11.3 Å². The predicted octanol–water partition coefficient (Wildman–Crippen LogP) is 3.04. The summed E-state index contributed by atoms with van der Waals surface area (Å²) in [7, 11) is 1.95. The number of aryl methyl sites for hydroxylation is 1. The van der Waals surface area contributed by atoms with Crippen LogP contribution in [0.3, 0.4) is 0 Å². The highest BCUT2D eigenvalue weighted by molar-refractivity contribution is 9.08. The Kier molecular flexibility index (Phi) is 2.51. The van der Waals surface area contributed by atoms with E-state index in [4.69, 9.17) is 0 Å². The van der Waals surface area contributed by atoms with E-state index < -0.39 is 0 Å². The van der Waals surface area contributed by atoms with Gasteiger partial charge in [0.2, 0.25) is 0 Å². The first-order chi connectivity index (χ1) is 6.31. The third-order valence-electron chi connectivity index (χ3n) is 1.80. The third-order valence-corrected chi connectivity index (χ3v) is 3.28. The summed E-state index contributed by atoms with van der Waals surface area (Å²) in [5.74, 6) is 0. The van der Waals surface area contributed by atoms with Gasteiger partial charge in [-0.3, -0.25) is 4.68 Å². The first-order valence-corrected chi connectivity index (χ1v) is 5.93. The highest BCUT2D eigenvalue weighted by Gasteiger charge is 2.08. The van der Waals surface area contributed by atoms with E-state index in [2.05, 4.69) is 32.5 Å². The van der Waals surface area contributed by atoms with Crippen LogP contribution in [0.2, 0.25) is 0 Å². The molecule has 0 aromatic carbocycles. The maximum atomic E-state index is 4.42. The van der Waals surface area contributed by atoms with Crippen LogP contribution < -0.4 is 0 Å². The van der Waals surface area contributed by atoms with Crippen LogP contribution in [0.15, 0.2) is 23.7 Å². The molecule has 0 unspecified atom stereocenters. The van der Waals surface area contributed by atoms with Gasteiger partial charge in [0, 0.05) is 24.1 Å². The first-order valence-electron chi connectivity index (χ1n) is 3.93. The summed E-state index contributed by atoms with van der Waals surface area (Å²) in [6.07, 6.45) is 2.05. The molecule has 2 heterocycles. The van der Waals surface area contributed by atoms with Crippen LogP contribution in [0.1, 0.15) is 5.56 Å². The highest BCUT2D eigenvalue weighted by Crippen LogP contribution is 2.27. The molecular formula is C9H9BrN2S. The fraction of sp³-hybridized carbons (Fsp3) is 0.222. The van der Waals surface area contributed by atoms with Crippen LogP contribution in [0.5, 0.6) is 0 Å². The van der Waals surface area contributed by atoms with Gasteiger partial charge in [0.25, 0.3) is 0 Å². The van der Waals surface area contributed by atoms with Crippen molar-refractivity contribution in [1.82, 2.24) is 9.78 Å². The lowest BCUT2D eigenvalue weighted by molar-refractivity contribution is 0.771. The van der Waals surface area contributed by atoms with Gasteiger partial charge in [-0.1, -0.05) is 22.0 Å². The zero-order valence-corrected chi connectivity index (χ0v) is 9.60. The minimum Gasteiger partial charge on any atom is -0.275 e. The molecule has 0 atom stereocenters. The van der Waals surface area contributed by atoms with Crippen molar-refractivity contribution in [3.8, 4) is 10.6 Å². The van der Waals surface area contributed by atoms with Gasteiger partial charge in [-0.05, 0) is 11.4 Å². The second-order valence-electron chi connectivity index (χ2n) is 2.79. The molecule has 2 rings (SSSR count). The summed E-state index contributed by atoms with van der Waals surface area (Å²) in [6.45, 7) is 0. The Morgan fingerprint density at radius 1 is 1.62 bits per heavy atom. The Hall–Kier alpha value is -0.610. The van der Waals surface area contributed by atoms with Crippen LogP contribution in [-0.2, 0) is 12.4 Å². The van der Waals surface area contributed by atoms with Gasteiger partial charge in [0.05, 0.1) is 4.88 Å². The molecular weight excluding hydrogens is 248 g/mol. The number of aromatic nitrogens is 2. The van der Waals surface area contributed by atoms with Gasteiger partial charge in [-0.25, -0.2) is 0 Å². The Balaban J connectivity index is 2.50. The standard InChI is InChI=1S/C9H9BrN2S/c1-12-6-7(5-10)9(11-12)8-3-2-4-13-8/h2-4,6H,5H2,1H3. The fourth-order valence-electron chi connectivity index (χ4n) is 1.26. The van der Waals surface area contributed by atoms with Crippen molar-refractivity contribution >= 4 is 27.3 Å². The molecule has 2 aromatic heterocycles. The quantitative estimate of drug-likeness (QED) is 0.756. The van der Waals surface area contributed by atoms with Crippen molar-refractivity contribution in [3.05, 3.63) is 29.3 Å². The molecule has 0 radical (unpaired) electrons. The van der Waals surface area contributed by atoms with E-state index in [-0.39, 0.29) is 0 Å². The van der Waals surface area contributed by atoms with Crippen LogP contribution in [0.25, 0.3) is 10.6 Å². The average molecular weight is 257 g/mol. The molecule has 0 aliphatic heterocycles. The lowest BCUT2D eigenvalue weighted by Crippen LogP contribution is -1.86. The van der Waals surface area contributed by atoms with E-state index in [1.165, 1.54) is 10.4 Å². The van der Waals surface area contributed by atoms with Gasteiger partial charge in [0.15, 0.2) is 0 Å². The number of rotatable bonds is 2. The number of alkyl halides is 1. The minimum atomic E-state index is 0.855. The van der Waals surface area contributed by atoms with E-state index in [0.29, 0.717) is 0 Å². The van der Waals surface area contributed by atoms with Crippen molar-refractivity contribution in [2.75, 3.05) is 0 Å². The predicted molar refractivity (Wildman–Crippen MR) is 59.2 cm³/mol. The molecule has 0 saturated carbocycles. The Labute approximate surface area is 89.3 Å². The van der Waals surface area contributed by atoms with Crippen LogP contribution >= 0.6 is 27.3 Å². The fourth-order valence-corrected chi connectivity index (χ4v) is 2.41. The van der Waals surface area contributed by atoms with Crippen molar-refractivity contribution in [2.45, 2.75) is 5.33 Å². The molecule has 0 bridgehead atoms. The molecule has 0 spiro atoms. The summed E-state index contributed by atoms with van der Waals surface area (Å²) < 4.78 is 1.85. The van der Waals surface area contributed by atoms with E-state index in [9.17, 15) is 0 Å². The topological polar surface area (TPSA) is 17.8 Å². The normalized spacial score (nSPS) is 10.6. The Morgan fingerprint density at radius 2 is 2.46 bits per heavy atom. The van der Waals surface area contributed by atoms with Gasteiger partial charge in [-0.2, -0.15) is 5.10 Å². The largest absolute Gasteiger partial charge is 0.275 e. The molecule has 0 aliphatic rings. The van der Waals surface area contributed by atoms with Gasteiger partial charge < -0.3 is 0 Å². The number of hydrogen-bond donors (Lipinski definition) is 0. The minimum absolute atomic E-state index is 0.855. The Morgan fingerprint density at radius 3 is 3.08 bits per heavy atom. The lowest BCUT2D eigenvalue weighted by Gasteiger charge is -1.92. The third kappa shape index (κ3) is 1.69. The lowest BCUT2D eigenvalue weighted by atomic mass is 10.2. The van der Waals surface area contributed by atoms with Crippen LogP contribution in [-0.4, -0.2) is 9.78 Å². The SMILES string of the molecule is Cn1cc(CBr)c(-c2cccs2)n1. The second-order valence-corrected chi connectivity index (χ2v) is 4.30. The van der Waals surface area contributed by atoms with Crippen molar-refractivity contribution in [2.24, 2.45) is 7.05 Å². The molecule has 13 heavy (non-hydrogen) atoms. The van der Waals surface area contributed by atoms with Crippen LogP contribution in [0, 0.1) is 0 Å². The number of halogens is 1. The van der Waals surface area contributed by atoms with E-state index >= 15 is 0 Å². The van der Waals surface area contributed by atoms with Crippen LogP contribution in [0.4, 0.5) is 0 Å². The molecule has 0 aliphatic carbocycles. The van der Waals surface area contributed by atoms with Crippen molar-refractivity contribution in [3.63, 3.8) is 0 Å². The van der Waals surface area contributed by atoms with Crippen molar-refractivity contribution < 1.29 is 0 Å². The van der Waals surface area contributed by atoms with E-state index in [0.717, 1.165) is 11.0 Å². The van der Waals surface area contributed by atoms with E-state index in [1.807, 2.05) is 24.0 Å². The molecule has 0 saturated heterocycles. The second kappa shape index (κ2) is 3.64. The number of hydrogen-bond acceptors (Lipinski definition) is 2. The smallest absolute Gasteiger partial charge is 0.106 e. The summed E-state index contributed by atoms with van der Waals surface area (Å²) in [5.41, 5.74) is 2.33. The zero-order chi connectivity index (χ0) is 9.26.